The van der Waals surface area contributed by atoms with E-state index >= 15 is 0 Å². The van der Waals surface area contributed by atoms with Crippen molar-refractivity contribution in [3.05, 3.63) is 29.3 Å². The molecule has 3 nitrogen and oxygen atoms in total. The van der Waals surface area contributed by atoms with Gasteiger partial charge in [0.1, 0.15) is 5.75 Å². The molecule has 1 aromatic carbocycles. The van der Waals surface area contributed by atoms with Crippen LogP contribution < -0.4 is 10.5 Å². The van der Waals surface area contributed by atoms with E-state index in [0.29, 0.717) is 19.8 Å². The number of ether oxygens (including phenoxy) is 2. The van der Waals surface area contributed by atoms with Gasteiger partial charge in [-0.15, -0.1) is 0 Å². The van der Waals surface area contributed by atoms with Crippen molar-refractivity contribution in [1.82, 2.24) is 0 Å². The van der Waals surface area contributed by atoms with Crippen LogP contribution in [0.15, 0.2) is 18.2 Å². The Labute approximate surface area is 91.2 Å². The fraction of sp³-hybridized carbons (Fsp3) is 0.500. The van der Waals surface area contributed by atoms with Gasteiger partial charge in [-0.05, 0) is 43.1 Å². The van der Waals surface area contributed by atoms with Gasteiger partial charge in [-0.1, -0.05) is 6.07 Å². The molecule has 0 unspecified atom stereocenters. The minimum absolute atomic E-state index is 0.629. The SMILES string of the molecule is CCOc1ccc(COC)cc1CCN. The molecular weight excluding hydrogens is 190 g/mol. The first-order valence-corrected chi connectivity index (χ1v) is 5.25. The molecule has 3 heteroatoms. The number of rotatable bonds is 6. The minimum Gasteiger partial charge on any atom is -0.494 e. The lowest BCUT2D eigenvalue weighted by atomic mass is 10.1. The predicted molar refractivity (Wildman–Crippen MR) is 61.1 cm³/mol. The van der Waals surface area contributed by atoms with Gasteiger partial charge in [0.05, 0.1) is 13.2 Å². The number of benzene rings is 1. The maximum absolute atomic E-state index is 5.56. The van der Waals surface area contributed by atoms with E-state index < -0.39 is 0 Å². The van der Waals surface area contributed by atoms with Crippen LogP contribution in [0, 0.1) is 0 Å². The van der Waals surface area contributed by atoms with Gasteiger partial charge in [-0.2, -0.15) is 0 Å². The number of methoxy groups -OCH3 is 1. The van der Waals surface area contributed by atoms with Crippen LogP contribution in [-0.4, -0.2) is 20.3 Å². The van der Waals surface area contributed by atoms with E-state index in [0.717, 1.165) is 23.3 Å². The van der Waals surface area contributed by atoms with E-state index in [2.05, 4.69) is 6.07 Å². The van der Waals surface area contributed by atoms with Gasteiger partial charge in [-0.3, -0.25) is 0 Å². The van der Waals surface area contributed by atoms with Crippen molar-refractivity contribution in [2.75, 3.05) is 20.3 Å². The third kappa shape index (κ3) is 3.53. The summed E-state index contributed by atoms with van der Waals surface area (Å²) in [5.41, 5.74) is 7.88. The van der Waals surface area contributed by atoms with Gasteiger partial charge >= 0.3 is 0 Å². The summed E-state index contributed by atoms with van der Waals surface area (Å²) in [5.74, 6) is 0.933. The molecule has 0 bridgehead atoms. The van der Waals surface area contributed by atoms with Crippen LogP contribution in [0.4, 0.5) is 0 Å². The molecule has 0 atom stereocenters. The molecule has 0 fully saturated rings. The molecule has 0 spiro atoms. The number of hydrogen-bond acceptors (Lipinski definition) is 3. The molecule has 0 saturated carbocycles. The predicted octanol–water partition coefficient (Wildman–Crippen LogP) is 1.73. The topological polar surface area (TPSA) is 44.5 Å². The Balaban J connectivity index is 2.87. The molecule has 0 radical (unpaired) electrons. The third-order valence-electron chi connectivity index (χ3n) is 2.15. The van der Waals surface area contributed by atoms with Crippen LogP contribution in [0.25, 0.3) is 0 Å². The standard InChI is InChI=1S/C12H19NO2/c1-3-15-12-5-4-10(9-14-2)8-11(12)6-7-13/h4-5,8H,3,6-7,9,13H2,1-2H3. The molecule has 0 saturated heterocycles. The summed E-state index contributed by atoms with van der Waals surface area (Å²) in [7, 11) is 1.69. The number of nitrogens with two attached hydrogens (primary N) is 1. The van der Waals surface area contributed by atoms with E-state index in [1.807, 2.05) is 19.1 Å². The van der Waals surface area contributed by atoms with E-state index in [1.54, 1.807) is 7.11 Å². The fourth-order valence-electron chi connectivity index (χ4n) is 1.54. The molecule has 0 heterocycles. The minimum atomic E-state index is 0.629. The molecule has 0 aromatic heterocycles. The summed E-state index contributed by atoms with van der Waals surface area (Å²) in [4.78, 5) is 0. The second-order valence-electron chi connectivity index (χ2n) is 3.35. The van der Waals surface area contributed by atoms with Crippen LogP contribution >= 0.6 is 0 Å². The highest BCUT2D eigenvalue weighted by atomic mass is 16.5. The van der Waals surface area contributed by atoms with Crippen molar-refractivity contribution >= 4 is 0 Å². The maximum atomic E-state index is 5.56. The van der Waals surface area contributed by atoms with Crippen molar-refractivity contribution in [1.29, 1.82) is 0 Å². The Hall–Kier alpha value is -1.06. The van der Waals surface area contributed by atoms with Gasteiger partial charge in [0.15, 0.2) is 0 Å². The Bertz CT molecular complexity index is 300. The molecular formula is C12H19NO2. The van der Waals surface area contributed by atoms with Crippen LogP contribution in [0.2, 0.25) is 0 Å². The maximum Gasteiger partial charge on any atom is 0.122 e. The van der Waals surface area contributed by atoms with Crippen molar-refractivity contribution in [3.63, 3.8) is 0 Å². The van der Waals surface area contributed by atoms with Crippen molar-refractivity contribution < 1.29 is 9.47 Å². The Morgan fingerprint density at radius 1 is 1.33 bits per heavy atom. The van der Waals surface area contributed by atoms with Crippen LogP contribution in [-0.2, 0) is 17.8 Å². The molecule has 0 aliphatic rings. The summed E-state index contributed by atoms with van der Waals surface area (Å²) in [5, 5.41) is 0. The van der Waals surface area contributed by atoms with E-state index in [-0.39, 0.29) is 0 Å². The second-order valence-corrected chi connectivity index (χ2v) is 3.35. The zero-order chi connectivity index (χ0) is 11.1. The Morgan fingerprint density at radius 3 is 2.73 bits per heavy atom. The molecule has 15 heavy (non-hydrogen) atoms. The first-order valence-electron chi connectivity index (χ1n) is 5.25. The Kier molecular flexibility index (Phi) is 5.15. The quantitative estimate of drug-likeness (QED) is 0.776. The second kappa shape index (κ2) is 6.43. The first kappa shape index (κ1) is 12.0. The van der Waals surface area contributed by atoms with Gasteiger partial charge in [0.25, 0.3) is 0 Å². The Morgan fingerprint density at radius 2 is 2.13 bits per heavy atom. The van der Waals surface area contributed by atoms with Crippen LogP contribution in [0.5, 0.6) is 5.75 Å². The molecule has 0 aliphatic carbocycles. The highest BCUT2D eigenvalue weighted by molar-refractivity contribution is 5.37. The largest absolute Gasteiger partial charge is 0.494 e. The van der Waals surface area contributed by atoms with Crippen LogP contribution in [0.3, 0.4) is 0 Å². The average molecular weight is 209 g/mol. The highest BCUT2D eigenvalue weighted by Crippen LogP contribution is 2.21. The van der Waals surface area contributed by atoms with Gasteiger partial charge < -0.3 is 15.2 Å². The zero-order valence-electron chi connectivity index (χ0n) is 9.45. The summed E-state index contributed by atoms with van der Waals surface area (Å²) < 4.78 is 10.6. The van der Waals surface area contributed by atoms with E-state index in [9.17, 15) is 0 Å². The fourth-order valence-corrected chi connectivity index (χ4v) is 1.54. The zero-order valence-corrected chi connectivity index (χ0v) is 9.45. The molecule has 84 valence electrons. The molecule has 0 amide bonds. The monoisotopic (exact) mass is 209 g/mol. The normalized spacial score (nSPS) is 10.3. The van der Waals surface area contributed by atoms with Crippen LogP contribution in [0.1, 0.15) is 18.1 Å². The molecule has 2 N–H and O–H groups in total. The van der Waals surface area contributed by atoms with Gasteiger partial charge in [0, 0.05) is 7.11 Å². The van der Waals surface area contributed by atoms with Gasteiger partial charge in [-0.25, -0.2) is 0 Å². The molecule has 1 aromatic rings. The smallest absolute Gasteiger partial charge is 0.122 e. The van der Waals surface area contributed by atoms with Crippen molar-refractivity contribution in [2.45, 2.75) is 20.0 Å². The molecule has 0 aliphatic heterocycles. The summed E-state index contributed by atoms with van der Waals surface area (Å²) >= 11 is 0. The molecule has 1 rings (SSSR count). The van der Waals surface area contributed by atoms with Gasteiger partial charge in [0.2, 0.25) is 0 Å². The van der Waals surface area contributed by atoms with Crippen molar-refractivity contribution in [2.24, 2.45) is 5.73 Å². The lowest BCUT2D eigenvalue weighted by Gasteiger charge is -2.11. The summed E-state index contributed by atoms with van der Waals surface area (Å²) in [6.45, 7) is 3.93. The third-order valence-corrected chi connectivity index (χ3v) is 2.15. The van der Waals surface area contributed by atoms with Crippen molar-refractivity contribution in [3.8, 4) is 5.75 Å². The summed E-state index contributed by atoms with van der Waals surface area (Å²) in [6.07, 6.45) is 0.840. The lowest BCUT2D eigenvalue weighted by molar-refractivity contribution is 0.184. The van der Waals surface area contributed by atoms with E-state index in [1.165, 1.54) is 0 Å². The first-order chi connectivity index (χ1) is 7.31. The highest BCUT2D eigenvalue weighted by Gasteiger charge is 2.04. The average Bonchev–Trinajstić information content (AvgIpc) is 2.23. The lowest BCUT2D eigenvalue weighted by Crippen LogP contribution is -2.06. The van der Waals surface area contributed by atoms with E-state index in [4.69, 9.17) is 15.2 Å². The summed E-state index contributed by atoms with van der Waals surface area (Å²) in [6, 6.07) is 6.11. The number of hydrogen-bond donors (Lipinski definition) is 1.